The highest BCUT2D eigenvalue weighted by Gasteiger charge is 2.30. The van der Waals surface area contributed by atoms with Gasteiger partial charge >= 0.3 is 6.09 Å². The predicted molar refractivity (Wildman–Crippen MR) is 120 cm³/mol. The summed E-state index contributed by atoms with van der Waals surface area (Å²) in [5.41, 5.74) is 4.32. The van der Waals surface area contributed by atoms with Crippen molar-refractivity contribution >= 4 is 38.8 Å². The van der Waals surface area contributed by atoms with Crippen molar-refractivity contribution in [3.05, 3.63) is 41.5 Å². The molecule has 0 saturated heterocycles. The fraction of sp³-hybridized carbons (Fsp3) is 0.391. The van der Waals surface area contributed by atoms with Gasteiger partial charge in [-0.15, -0.1) is 0 Å². The lowest BCUT2D eigenvalue weighted by atomic mass is 10.0. The number of amides is 2. The number of carbonyl (C=O) groups is 2. The van der Waals surface area contributed by atoms with Crippen LogP contribution in [0.25, 0.3) is 21.6 Å². The van der Waals surface area contributed by atoms with E-state index in [1.165, 1.54) is 11.3 Å². The van der Waals surface area contributed by atoms with Crippen molar-refractivity contribution in [2.75, 3.05) is 5.32 Å². The maximum atomic E-state index is 12.4. The molecule has 8 heteroatoms. The summed E-state index contributed by atoms with van der Waals surface area (Å²) >= 11 is 1.39. The minimum Gasteiger partial charge on any atom is -0.444 e. The number of thiazole rings is 1. The van der Waals surface area contributed by atoms with Crippen LogP contribution in [0.3, 0.4) is 0 Å². The maximum absolute atomic E-state index is 12.4. The number of hydrogen-bond acceptors (Lipinski definition) is 6. The molecule has 0 spiro atoms. The zero-order chi connectivity index (χ0) is 21.8. The summed E-state index contributed by atoms with van der Waals surface area (Å²) in [7, 11) is 0. The monoisotopic (exact) mass is 436 g/mol. The number of pyridine rings is 1. The van der Waals surface area contributed by atoms with E-state index in [2.05, 4.69) is 22.4 Å². The number of aromatic nitrogens is 2. The summed E-state index contributed by atoms with van der Waals surface area (Å²) in [5, 5.41) is 3.49. The van der Waals surface area contributed by atoms with Crippen LogP contribution in [0.2, 0.25) is 0 Å². The Morgan fingerprint density at radius 3 is 2.61 bits per heavy atom. The number of anilines is 1. The first-order chi connectivity index (χ1) is 14.7. The van der Waals surface area contributed by atoms with E-state index in [1.807, 2.05) is 39.0 Å². The molecule has 7 nitrogen and oxygen atoms in total. The van der Waals surface area contributed by atoms with E-state index in [4.69, 9.17) is 9.72 Å². The Morgan fingerprint density at radius 1 is 1.10 bits per heavy atom. The van der Waals surface area contributed by atoms with Crippen LogP contribution in [-0.4, -0.2) is 32.5 Å². The molecular weight excluding hydrogens is 412 g/mol. The van der Waals surface area contributed by atoms with Crippen LogP contribution in [0.1, 0.15) is 44.7 Å². The van der Waals surface area contributed by atoms with Crippen molar-refractivity contribution in [1.82, 2.24) is 14.9 Å². The molecule has 1 aromatic carbocycles. The first kappa shape index (κ1) is 19.9. The molecule has 1 saturated carbocycles. The molecule has 0 bridgehead atoms. The number of rotatable bonds is 3. The van der Waals surface area contributed by atoms with E-state index >= 15 is 0 Å². The van der Waals surface area contributed by atoms with Gasteiger partial charge in [-0.2, -0.15) is 0 Å². The molecule has 1 fully saturated rings. The summed E-state index contributed by atoms with van der Waals surface area (Å²) in [5.74, 6) is 0.189. The van der Waals surface area contributed by atoms with E-state index in [0.717, 1.165) is 45.6 Å². The van der Waals surface area contributed by atoms with Gasteiger partial charge in [-0.3, -0.25) is 9.69 Å². The number of nitrogens with zero attached hydrogens (tertiary/aromatic N) is 3. The smallest absolute Gasteiger partial charge is 0.410 e. The lowest BCUT2D eigenvalue weighted by Crippen LogP contribution is -2.33. The summed E-state index contributed by atoms with van der Waals surface area (Å²) in [4.78, 5) is 36.2. The third-order valence-electron chi connectivity index (χ3n) is 5.31. The molecule has 5 rings (SSSR count). The third kappa shape index (κ3) is 4.25. The number of nitrogens with one attached hydrogen (secondary N) is 1. The topological polar surface area (TPSA) is 84.4 Å². The molecule has 31 heavy (non-hydrogen) atoms. The number of benzene rings is 1. The molecule has 160 valence electrons. The van der Waals surface area contributed by atoms with Crippen LogP contribution in [0.5, 0.6) is 0 Å². The molecule has 0 atom stereocenters. The van der Waals surface area contributed by atoms with Crippen molar-refractivity contribution in [3.63, 3.8) is 0 Å². The van der Waals surface area contributed by atoms with E-state index in [-0.39, 0.29) is 17.9 Å². The van der Waals surface area contributed by atoms with Gasteiger partial charge in [0, 0.05) is 24.6 Å². The molecule has 2 aliphatic rings. The Hall–Kier alpha value is -3.00. The summed E-state index contributed by atoms with van der Waals surface area (Å²) < 4.78 is 5.50. The Balaban J connectivity index is 1.35. The summed E-state index contributed by atoms with van der Waals surface area (Å²) in [6.07, 6.45) is 1.63. The van der Waals surface area contributed by atoms with Gasteiger partial charge in [0.15, 0.2) is 5.13 Å². The average molecular weight is 437 g/mol. The zero-order valence-corrected chi connectivity index (χ0v) is 18.6. The van der Waals surface area contributed by atoms with E-state index in [9.17, 15) is 9.59 Å². The SMILES string of the molecule is CC(C)(C)OC(=O)N1Cc2ccc(-c3ccc4nc(NC(=O)C5CC5)sc4n3)cc2C1. The minimum absolute atomic E-state index is 0.0486. The van der Waals surface area contributed by atoms with Crippen molar-refractivity contribution < 1.29 is 14.3 Å². The van der Waals surface area contributed by atoms with Crippen molar-refractivity contribution in [2.45, 2.75) is 52.3 Å². The first-order valence-corrected chi connectivity index (χ1v) is 11.3. The molecule has 1 aliphatic heterocycles. The molecule has 3 aromatic rings. The van der Waals surface area contributed by atoms with E-state index < -0.39 is 5.60 Å². The van der Waals surface area contributed by atoms with Gasteiger partial charge in [0.25, 0.3) is 0 Å². The second kappa shape index (κ2) is 7.30. The van der Waals surface area contributed by atoms with Gasteiger partial charge in [-0.25, -0.2) is 14.8 Å². The first-order valence-electron chi connectivity index (χ1n) is 10.4. The van der Waals surface area contributed by atoms with Crippen LogP contribution in [0.15, 0.2) is 30.3 Å². The third-order valence-corrected chi connectivity index (χ3v) is 6.19. The zero-order valence-electron chi connectivity index (χ0n) is 17.8. The van der Waals surface area contributed by atoms with Crippen LogP contribution in [0, 0.1) is 5.92 Å². The molecule has 0 unspecified atom stereocenters. The second-order valence-corrected chi connectivity index (χ2v) is 10.1. The largest absolute Gasteiger partial charge is 0.444 e. The van der Waals surface area contributed by atoms with Crippen LogP contribution < -0.4 is 5.32 Å². The lowest BCUT2D eigenvalue weighted by Gasteiger charge is -2.24. The standard InChI is InChI=1S/C23H24N4O3S/c1-23(2,3)30-22(29)27-11-15-7-6-14(10-16(15)12-27)17-8-9-18-20(24-17)31-21(25-18)26-19(28)13-4-5-13/h6-10,13H,4-5,11-12H2,1-3H3,(H,25,26,28). The van der Waals surface area contributed by atoms with Crippen LogP contribution in [-0.2, 0) is 22.6 Å². The van der Waals surface area contributed by atoms with E-state index in [1.54, 1.807) is 4.90 Å². The van der Waals surface area contributed by atoms with Gasteiger partial charge in [-0.05, 0) is 62.9 Å². The van der Waals surface area contributed by atoms with Crippen LogP contribution in [0.4, 0.5) is 9.93 Å². The molecule has 1 aliphatic carbocycles. The molecule has 3 heterocycles. The molecule has 0 radical (unpaired) electrons. The Morgan fingerprint density at radius 2 is 1.87 bits per heavy atom. The molecule has 2 amide bonds. The highest BCUT2D eigenvalue weighted by atomic mass is 32.1. The fourth-order valence-corrected chi connectivity index (χ4v) is 4.43. The second-order valence-electron chi connectivity index (χ2n) is 9.12. The Labute approximate surface area is 184 Å². The molecule has 1 N–H and O–H groups in total. The van der Waals surface area contributed by atoms with Crippen LogP contribution >= 0.6 is 11.3 Å². The number of carbonyl (C=O) groups excluding carboxylic acids is 2. The van der Waals surface area contributed by atoms with Gasteiger partial charge in [0.2, 0.25) is 5.91 Å². The highest BCUT2D eigenvalue weighted by molar-refractivity contribution is 7.22. The van der Waals surface area contributed by atoms with Gasteiger partial charge in [0.05, 0.1) is 5.69 Å². The van der Waals surface area contributed by atoms with Gasteiger partial charge < -0.3 is 10.1 Å². The van der Waals surface area contributed by atoms with Gasteiger partial charge in [0.1, 0.15) is 15.9 Å². The minimum atomic E-state index is -0.512. The van der Waals surface area contributed by atoms with E-state index in [0.29, 0.717) is 18.2 Å². The van der Waals surface area contributed by atoms with Crippen molar-refractivity contribution in [3.8, 4) is 11.3 Å². The fourth-order valence-electron chi connectivity index (χ4n) is 3.59. The number of ether oxygens (including phenoxy) is 1. The quantitative estimate of drug-likeness (QED) is 0.627. The number of fused-ring (bicyclic) bond motifs is 2. The van der Waals surface area contributed by atoms with Crippen molar-refractivity contribution in [2.24, 2.45) is 5.92 Å². The maximum Gasteiger partial charge on any atom is 0.410 e. The average Bonchev–Trinajstić information content (AvgIpc) is 3.34. The van der Waals surface area contributed by atoms with Crippen molar-refractivity contribution in [1.29, 1.82) is 0 Å². The summed E-state index contributed by atoms with van der Waals surface area (Å²) in [6.45, 7) is 6.69. The summed E-state index contributed by atoms with van der Waals surface area (Å²) in [6, 6.07) is 10.0. The number of hydrogen-bond donors (Lipinski definition) is 1. The Kier molecular flexibility index (Phi) is 4.69. The van der Waals surface area contributed by atoms with Gasteiger partial charge in [-0.1, -0.05) is 23.5 Å². The molecule has 2 aromatic heterocycles. The lowest BCUT2D eigenvalue weighted by molar-refractivity contribution is -0.117. The Bertz CT molecular complexity index is 1190. The molecular formula is C23H24N4O3S. The normalized spacial score (nSPS) is 15.8. The predicted octanol–water partition coefficient (Wildman–Crippen LogP) is 4.96. The highest BCUT2D eigenvalue weighted by Crippen LogP contribution is 2.33.